The summed E-state index contributed by atoms with van der Waals surface area (Å²) in [6.07, 6.45) is 3.48. The van der Waals surface area contributed by atoms with Crippen molar-refractivity contribution in [3.8, 4) is 0 Å². The molecule has 4 nitrogen and oxygen atoms in total. The number of aromatic nitrogens is 2. The average molecular weight is 311 g/mol. The summed E-state index contributed by atoms with van der Waals surface area (Å²) >= 11 is 0. The minimum Gasteiger partial charge on any atom is -0.338 e. The van der Waals surface area contributed by atoms with Crippen molar-refractivity contribution in [1.82, 2.24) is 14.5 Å². The molecule has 1 aromatic heterocycles. The Balaban J connectivity index is 1.98. The summed E-state index contributed by atoms with van der Waals surface area (Å²) < 4.78 is 2.33. The molecular formula is C19H25N3O. The van der Waals surface area contributed by atoms with E-state index in [9.17, 15) is 4.79 Å². The van der Waals surface area contributed by atoms with Gasteiger partial charge in [-0.15, -0.1) is 6.58 Å². The number of imidazole rings is 1. The second kappa shape index (κ2) is 6.57. The van der Waals surface area contributed by atoms with Gasteiger partial charge in [0.05, 0.1) is 11.0 Å². The van der Waals surface area contributed by atoms with Gasteiger partial charge in [0.25, 0.3) is 0 Å². The van der Waals surface area contributed by atoms with Crippen LogP contribution in [0.25, 0.3) is 11.0 Å². The Morgan fingerprint density at radius 2 is 2.22 bits per heavy atom. The molecule has 0 spiro atoms. The van der Waals surface area contributed by atoms with E-state index in [2.05, 4.69) is 43.2 Å². The van der Waals surface area contributed by atoms with Crippen LogP contribution in [-0.2, 0) is 11.3 Å². The Kier molecular flexibility index (Phi) is 4.51. The van der Waals surface area contributed by atoms with Gasteiger partial charge < -0.3 is 9.47 Å². The van der Waals surface area contributed by atoms with Gasteiger partial charge in [0.2, 0.25) is 5.91 Å². The zero-order valence-corrected chi connectivity index (χ0v) is 14.0. The number of rotatable bonds is 6. The summed E-state index contributed by atoms with van der Waals surface area (Å²) in [7, 11) is 0. The van der Waals surface area contributed by atoms with Gasteiger partial charge in [-0.3, -0.25) is 4.79 Å². The Morgan fingerprint density at radius 3 is 2.96 bits per heavy atom. The Bertz CT molecular complexity index is 718. The molecule has 0 unspecified atom stereocenters. The highest BCUT2D eigenvalue weighted by Crippen LogP contribution is 2.31. The van der Waals surface area contributed by atoms with E-state index < -0.39 is 0 Å². The summed E-state index contributed by atoms with van der Waals surface area (Å²) in [6.45, 7) is 10.6. The zero-order chi connectivity index (χ0) is 16.4. The number of amides is 1. The van der Waals surface area contributed by atoms with Crippen LogP contribution in [-0.4, -0.2) is 33.4 Å². The van der Waals surface area contributed by atoms with Gasteiger partial charge in [0.1, 0.15) is 5.82 Å². The highest BCUT2D eigenvalue weighted by atomic mass is 16.2. The summed E-state index contributed by atoms with van der Waals surface area (Å²) in [5.41, 5.74) is 2.21. The van der Waals surface area contributed by atoms with Gasteiger partial charge in [0, 0.05) is 32.0 Å². The number of hydrogen-bond acceptors (Lipinski definition) is 2. The zero-order valence-electron chi connectivity index (χ0n) is 14.0. The first kappa shape index (κ1) is 15.8. The molecule has 1 aliphatic rings. The third-order valence-electron chi connectivity index (χ3n) is 4.80. The molecule has 4 heteroatoms. The highest BCUT2D eigenvalue weighted by molar-refractivity contribution is 5.81. The van der Waals surface area contributed by atoms with Crippen LogP contribution in [0.5, 0.6) is 0 Å². The maximum atomic E-state index is 12.2. The topological polar surface area (TPSA) is 38.1 Å². The molecule has 2 atom stereocenters. The van der Waals surface area contributed by atoms with E-state index in [0.717, 1.165) is 30.9 Å². The molecule has 1 aliphatic heterocycles. The second-order valence-electron chi connectivity index (χ2n) is 6.57. The van der Waals surface area contributed by atoms with E-state index in [1.807, 2.05) is 11.0 Å². The van der Waals surface area contributed by atoms with Crippen LogP contribution in [0.2, 0.25) is 0 Å². The molecule has 122 valence electrons. The van der Waals surface area contributed by atoms with Gasteiger partial charge >= 0.3 is 0 Å². The fourth-order valence-electron chi connectivity index (χ4n) is 3.32. The van der Waals surface area contributed by atoms with E-state index in [1.54, 1.807) is 6.08 Å². The lowest BCUT2D eigenvalue weighted by molar-refractivity contribution is -0.127. The molecule has 1 aromatic carbocycles. The third kappa shape index (κ3) is 3.03. The average Bonchev–Trinajstić information content (AvgIpc) is 3.09. The van der Waals surface area contributed by atoms with Crippen LogP contribution >= 0.6 is 0 Å². The second-order valence-corrected chi connectivity index (χ2v) is 6.57. The van der Waals surface area contributed by atoms with Crippen LogP contribution < -0.4 is 0 Å². The first-order valence-electron chi connectivity index (χ1n) is 8.47. The van der Waals surface area contributed by atoms with Crippen molar-refractivity contribution in [2.24, 2.45) is 5.92 Å². The summed E-state index contributed by atoms with van der Waals surface area (Å²) in [5.74, 6) is 2.04. The minimum atomic E-state index is 0.180. The van der Waals surface area contributed by atoms with Gasteiger partial charge in [-0.2, -0.15) is 0 Å². The fourth-order valence-corrected chi connectivity index (χ4v) is 3.32. The summed E-state index contributed by atoms with van der Waals surface area (Å²) in [6, 6.07) is 8.28. The standard InChI is InChI=1S/C19H25N3O/c1-4-10-21-13-15(11-18(21)23)19-20-16-8-6-7-9-17(16)22(19)12-14(3)5-2/h4,6-9,14-15H,1,5,10-13H2,2-3H3/t14-,15+/m1/s1. The van der Waals surface area contributed by atoms with Gasteiger partial charge in [-0.25, -0.2) is 4.98 Å². The molecule has 0 bridgehead atoms. The molecule has 0 N–H and O–H groups in total. The van der Waals surface area contributed by atoms with Crippen molar-refractivity contribution in [2.45, 2.75) is 39.2 Å². The van der Waals surface area contributed by atoms with Crippen LogP contribution in [0.3, 0.4) is 0 Å². The monoisotopic (exact) mass is 311 g/mol. The van der Waals surface area contributed by atoms with Crippen LogP contribution in [0.15, 0.2) is 36.9 Å². The maximum absolute atomic E-state index is 12.2. The van der Waals surface area contributed by atoms with Gasteiger partial charge in [0.15, 0.2) is 0 Å². The molecule has 2 aromatic rings. The smallest absolute Gasteiger partial charge is 0.223 e. The molecule has 1 saturated heterocycles. The van der Waals surface area contributed by atoms with Crippen LogP contribution in [0.4, 0.5) is 0 Å². The van der Waals surface area contributed by atoms with Crippen molar-refractivity contribution >= 4 is 16.9 Å². The third-order valence-corrected chi connectivity index (χ3v) is 4.80. The Morgan fingerprint density at radius 1 is 1.43 bits per heavy atom. The van der Waals surface area contributed by atoms with E-state index in [4.69, 9.17) is 4.98 Å². The van der Waals surface area contributed by atoms with Crippen molar-refractivity contribution < 1.29 is 4.79 Å². The number of likely N-dealkylation sites (tertiary alicyclic amines) is 1. The largest absolute Gasteiger partial charge is 0.338 e. The molecule has 23 heavy (non-hydrogen) atoms. The Hall–Kier alpha value is -2.10. The van der Waals surface area contributed by atoms with Crippen LogP contribution in [0, 0.1) is 5.92 Å². The van der Waals surface area contributed by atoms with Crippen molar-refractivity contribution in [2.75, 3.05) is 13.1 Å². The predicted octanol–water partition coefficient (Wildman–Crippen LogP) is 3.58. The molecule has 0 radical (unpaired) electrons. The van der Waals surface area contributed by atoms with Crippen molar-refractivity contribution in [3.63, 3.8) is 0 Å². The lowest BCUT2D eigenvalue weighted by Gasteiger charge is -2.17. The maximum Gasteiger partial charge on any atom is 0.223 e. The number of hydrogen-bond donors (Lipinski definition) is 0. The van der Waals surface area contributed by atoms with Gasteiger partial charge in [-0.05, 0) is 18.1 Å². The number of benzene rings is 1. The number of carbonyl (C=O) groups is 1. The summed E-state index contributed by atoms with van der Waals surface area (Å²) in [4.78, 5) is 18.9. The molecule has 0 aliphatic carbocycles. The number of nitrogens with zero attached hydrogens (tertiary/aromatic N) is 3. The highest BCUT2D eigenvalue weighted by Gasteiger charge is 2.33. The molecule has 1 fully saturated rings. The van der Waals surface area contributed by atoms with E-state index in [-0.39, 0.29) is 11.8 Å². The SMILES string of the molecule is C=CCN1C[C@@H](c2nc3ccccc3n2C[C@H](C)CC)CC1=O. The number of fused-ring (bicyclic) bond motifs is 1. The lowest BCUT2D eigenvalue weighted by Crippen LogP contribution is -2.25. The van der Waals surface area contributed by atoms with E-state index >= 15 is 0 Å². The van der Waals surface area contributed by atoms with Crippen molar-refractivity contribution in [1.29, 1.82) is 0 Å². The Labute approximate surface area is 137 Å². The molecular weight excluding hydrogens is 286 g/mol. The van der Waals surface area contributed by atoms with Crippen LogP contribution in [0.1, 0.15) is 38.4 Å². The minimum absolute atomic E-state index is 0.180. The first-order valence-corrected chi connectivity index (χ1v) is 8.47. The quantitative estimate of drug-likeness (QED) is 0.765. The molecule has 0 saturated carbocycles. The lowest BCUT2D eigenvalue weighted by atomic mass is 10.1. The van der Waals surface area contributed by atoms with E-state index in [1.165, 1.54) is 5.52 Å². The molecule has 3 rings (SSSR count). The molecule has 2 heterocycles. The molecule has 1 amide bonds. The van der Waals surface area contributed by atoms with Crippen molar-refractivity contribution in [3.05, 3.63) is 42.7 Å². The fraction of sp³-hybridized carbons (Fsp3) is 0.474. The van der Waals surface area contributed by atoms with E-state index in [0.29, 0.717) is 18.9 Å². The number of para-hydroxylation sites is 2. The van der Waals surface area contributed by atoms with Gasteiger partial charge in [-0.1, -0.05) is 38.5 Å². The first-order chi connectivity index (χ1) is 11.1. The predicted molar refractivity (Wildman–Crippen MR) is 93.3 cm³/mol. The number of carbonyl (C=O) groups excluding carboxylic acids is 1. The summed E-state index contributed by atoms with van der Waals surface area (Å²) in [5, 5.41) is 0. The normalized spacial score (nSPS) is 19.5.